The molecule has 2 saturated heterocycles. The van der Waals surface area contributed by atoms with E-state index in [1.165, 1.54) is 64.0 Å². The lowest BCUT2D eigenvalue weighted by atomic mass is 9.83. The fourth-order valence-electron chi connectivity index (χ4n) is 4.57. The van der Waals surface area contributed by atoms with Gasteiger partial charge < -0.3 is 9.88 Å². The van der Waals surface area contributed by atoms with E-state index in [0.29, 0.717) is 0 Å². The molecule has 134 valence electrons. The van der Waals surface area contributed by atoms with E-state index in [4.69, 9.17) is 0 Å². The normalized spacial score (nSPS) is 23.3. The molecule has 4 heteroatoms. The van der Waals surface area contributed by atoms with Crippen LogP contribution < -0.4 is 0 Å². The number of imidazole rings is 1. The summed E-state index contributed by atoms with van der Waals surface area (Å²) in [5, 5.41) is 0. The number of aromatic amines is 1. The van der Waals surface area contributed by atoms with Crippen molar-refractivity contribution in [2.24, 2.45) is 11.8 Å². The fraction of sp³-hybridized carbons (Fsp3) is 0.571. The smallest absolute Gasteiger partial charge is 0.120 e. The predicted octanol–water partition coefficient (Wildman–Crippen LogP) is 3.19. The standard InChI is InChI=1S/C21H30N4/c1-2-4-18(5-3-1)6-12-24-13-7-19(8-14-24)20-9-15-25(16-20)17-21-22-10-11-23-21/h1-5,10-11,19-20H,6-9,12-17H2,(H,22,23)/t20-/m0/s1. The number of hydrogen-bond acceptors (Lipinski definition) is 3. The molecule has 2 aliphatic heterocycles. The van der Waals surface area contributed by atoms with E-state index in [-0.39, 0.29) is 0 Å². The van der Waals surface area contributed by atoms with Crippen molar-refractivity contribution in [3.05, 3.63) is 54.1 Å². The lowest BCUT2D eigenvalue weighted by molar-refractivity contribution is 0.147. The summed E-state index contributed by atoms with van der Waals surface area (Å²) in [6.07, 6.45) is 9.10. The third-order valence-corrected chi connectivity index (χ3v) is 6.10. The van der Waals surface area contributed by atoms with E-state index in [9.17, 15) is 0 Å². The minimum Gasteiger partial charge on any atom is -0.348 e. The number of nitrogens with zero attached hydrogens (tertiary/aromatic N) is 3. The minimum absolute atomic E-state index is 0.895. The van der Waals surface area contributed by atoms with Crippen molar-refractivity contribution in [2.45, 2.75) is 32.2 Å². The molecule has 0 spiro atoms. The maximum atomic E-state index is 4.37. The molecule has 1 N–H and O–H groups in total. The van der Waals surface area contributed by atoms with E-state index in [1.807, 2.05) is 12.4 Å². The Balaban J connectivity index is 1.19. The second kappa shape index (κ2) is 8.15. The van der Waals surface area contributed by atoms with Crippen molar-refractivity contribution in [3.63, 3.8) is 0 Å². The predicted molar refractivity (Wildman–Crippen MR) is 101 cm³/mol. The van der Waals surface area contributed by atoms with Crippen LogP contribution in [-0.4, -0.2) is 52.5 Å². The van der Waals surface area contributed by atoms with Crippen molar-refractivity contribution < 1.29 is 0 Å². The van der Waals surface area contributed by atoms with Crippen LogP contribution in [0.2, 0.25) is 0 Å². The number of rotatable bonds is 6. The molecule has 2 aliphatic rings. The first-order valence-electron chi connectivity index (χ1n) is 9.84. The van der Waals surface area contributed by atoms with Crippen molar-refractivity contribution in [2.75, 3.05) is 32.7 Å². The van der Waals surface area contributed by atoms with Crippen LogP contribution in [-0.2, 0) is 13.0 Å². The summed E-state index contributed by atoms with van der Waals surface area (Å²) in [4.78, 5) is 12.8. The Hall–Kier alpha value is -1.65. The van der Waals surface area contributed by atoms with Gasteiger partial charge in [-0.1, -0.05) is 30.3 Å². The topological polar surface area (TPSA) is 35.2 Å². The molecule has 0 bridgehead atoms. The van der Waals surface area contributed by atoms with Crippen molar-refractivity contribution in [1.29, 1.82) is 0 Å². The van der Waals surface area contributed by atoms with Gasteiger partial charge in [-0.15, -0.1) is 0 Å². The number of nitrogens with one attached hydrogen (secondary N) is 1. The van der Waals surface area contributed by atoms with Gasteiger partial charge in [0, 0.05) is 25.5 Å². The van der Waals surface area contributed by atoms with Gasteiger partial charge in [-0.05, 0) is 62.7 Å². The minimum atomic E-state index is 0.895. The molecular formula is C21H30N4. The molecule has 2 aromatic rings. The van der Waals surface area contributed by atoms with Gasteiger partial charge in [0.05, 0.1) is 6.54 Å². The molecule has 25 heavy (non-hydrogen) atoms. The van der Waals surface area contributed by atoms with Crippen molar-refractivity contribution in [1.82, 2.24) is 19.8 Å². The number of H-pyrrole nitrogens is 1. The van der Waals surface area contributed by atoms with Crippen LogP contribution in [0.5, 0.6) is 0 Å². The Labute approximate surface area is 151 Å². The van der Waals surface area contributed by atoms with Crippen LogP contribution in [0.15, 0.2) is 42.7 Å². The molecule has 4 nitrogen and oxygen atoms in total. The monoisotopic (exact) mass is 338 g/mol. The second-order valence-corrected chi connectivity index (χ2v) is 7.73. The summed E-state index contributed by atoms with van der Waals surface area (Å²) >= 11 is 0. The van der Waals surface area contributed by atoms with E-state index in [1.54, 1.807) is 0 Å². The molecule has 0 radical (unpaired) electrons. The van der Waals surface area contributed by atoms with Gasteiger partial charge in [-0.3, -0.25) is 4.90 Å². The Morgan fingerprint density at radius 1 is 0.960 bits per heavy atom. The first-order valence-corrected chi connectivity index (χ1v) is 9.84. The van der Waals surface area contributed by atoms with Gasteiger partial charge in [0.15, 0.2) is 0 Å². The van der Waals surface area contributed by atoms with E-state index in [2.05, 4.69) is 50.1 Å². The van der Waals surface area contributed by atoms with Crippen LogP contribution in [0.25, 0.3) is 0 Å². The van der Waals surface area contributed by atoms with Gasteiger partial charge in [-0.25, -0.2) is 4.98 Å². The molecule has 4 rings (SSSR count). The number of piperidine rings is 1. The third-order valence-electron chi connectivity index (χ3n) is 6.10. The summed E-state index contributed by atoms with van der Waals surface area (Å²) in [6.45, 7) is 7.26. The Morgan fingerprint density at radius 3 is 2.48 bits per heavy atom. The second-order valence-electron chi connectivity index (χ2n) is 7.73. The number of aromatic nitrogens is 2. The molecule has 1 aromatic heterocycles. The molecule has 0 unspecified atom stereocenters. The largest absolute Gasteiger partial charge is 0.348 e. The third kappa shape index (κ3) is 4.50. The molecule has 1 aromatic carbocycles. The quantitative estimate of drug-likeness (QED) is 0.878. The SMILES string of the molecule is c1ccc(CCN2CCC([C@H]3CCN(Cc4ncc[nH]4)C3)CC2)cc1. The van der Waals surface area contributed by atoms with Gasteiger partial charge in [0.1, 0.15) is 5.82 Å². The highest BCUT2D eigenvalue weighted by Gasteiger charge is 2.31. The average molecular weight is 338 g/mol. The summed E-state index contributed by atoms with van der Waals surface area (Å²) in [5.74, 6) is 2.93. The molecule has 3 heterocycles. The van der Waals surface area contributed by atoms with Crippen molar-refractivity contribution >= 4 is 0 Å². The van der Waals surface area contributed by atoms with Gasteiger partial charge in [-0.2, -0.15) is 0 Å². The fourth-order valence-corrected chi connectivity index (χ4v) is 4.57. The Morgan fingerprint density at radius 2 is 1.72 bits per heavy atom. The molecule has 1 atom stereocenters. The average Bonchev–Trinajstić information content (AvgIpc) is 3.34. The zero-order valence-corrected chi connectivity index (χ0v) is 15.1. The van der Waals surface area contributed by atoms with E-state index < -0.39 is 0 Å². The maximum absolute atomic E-state index is 4.37. The maximum Gasteiger partial charge on any atom is 0.120 e. The van der Waals surface area contributed by atoms with Gasteiger partial charge in [0.25, 0.3) is 0 Å². The highest BCUT2D eigenvalue weighted by atomic mass is 15.2. The molecular weight excluding hydrogens is 308 g/mol. The summed E-state index contributed by atoms with van der Waals surface area (Å²) in [6, 6.07) is 10.9. The number of likely N-dealkylation sites (tertiary alicyclic amines) is 2. The summed E-state index contributed by atoms with van der Waals surface area (Å²) in [5.41, 5.74) is 1.47. The lowest BCUT2D eigenvalue weighted by Crippen LogP contribution is -2.37. The zero-order valence-electron chi connectivity index (χ0n) is 15.1. The molecule has 0 saturated carbocycles. The van der Waals surface area contributed by atoms with Crippen LogP contribution in [0.1, 0.15) is 30.7 Å². The van der Waals surface area contributed by atoms with Crippen LogP contribution in [0.3, 0.4) is 0 Å². The molecule has 2 fully saturated rings. The number of hydrogen-bond donors (Lipinski definition) is 1. The Kier molecular flexibility index (Phi) is 5.48. The van der Waals surface area contributed by atoms with Gasteiger partial charge in [0.2, 0.25) is 0 Å². The molecule has 0 amide bonds. The van der Waals surface area contributed by atoms with Crippen LogP contribution in [0, 0.1) is 11.8 Å². The van der Waals surface area contributed by atoms with E-state index >= 15 is 0 Å². The summed E-state index contributed by atoms with van der Waals surface area (Å²) in [7, 11) is 0. The van der Waals surface area contributed by atoms with E-state index in [0.717, 1.165) is 24.2 Å². The lowest BCUT2D eigenvalue weighted by Gasteiger charge is -2.35. The first kappa shape index (κ1) is 16.8. The van der Waals surface area contributed by atoms with Crippen LogP contribution in [0.4, 0.5) is 0 Å². The number of benzene rings is 1. The highest BCUT2D eigenvalue weighted by Crippen LogP contribution is 2.32. The Bertz CT molecular complexity index is 617. The highest BCUT2D eigenvalue weighted by molar-refractivity contribution is 5.14. The molecule has 0 aliphatic carbocycles. The zero-order chi connectivity index (χ0) is 16.9. The first-order chi connectivity index (χ1) is 12.4. The summed E-state index contributed by atoms with van der Waals surface area (Å²) < 4.78 is 0. The van der Waals surface area contributed by atoms with Gasteiger partial charge >= 0.3 is 0 Å². The van der Waals surface area contributed by atoms with Crippen molar-refractivity contribution in [3.8, 4) is 0 Å². The van der Waals surface area contributed by atoms with Crippen LogP contribution >= 0.6 is 0 Å².